The molecule has 0 aliphatic heterocycles. The van der Waals surface area contributed by atoms with E-state index in [1.807, 2.05) is 30.3 Å². The second-order valence-electron chi connectivity index (χ2n) is 6.28. The minimum absolute atomic E-state index is 0.0514. The number of anilines is 1. The number of nitrogens with one attached hydrogen (secondary N) is 1. The Kier molecular flexibility index (Phi) is 7.07. The maximum atomic E-state index is 13.1. The molecule has 1 amide bonds. The van der Waals surface area contributed by atoms with Gasteiger partial charge in [0.2, 0.25) is 5.91 Å². The third-order valence-corrected chi connectivity index (χ3v) is 4.98. The van der Waals surface area contributed by atoms with E-state index in [0.29, 0.717) is 5.69 Å². The highest BCUT2D eigenvalue weighted by atomic mass is 32.1. The molecule has 0 spiro atoms. The first kappa shape index (κ1) is 21.8. The number of nitrogens with zero attached hydrogens (tertiary/aromatic N) is 1. The van der Waals surface area contributed by atoms with Gasteiger partial charge in [-0.2, -0.15) is 13.2 Å². The largest absolute Gasteiger partial charge is 0.489 e. The van der Waals surface area contributed by atoms with E-state index in [1.165, 1.54) is 24.5 Å². The van der Waals surface area contributed by atoms with Gasteiger partial charge in [-0.3, -0.25) is 4.79 Å². The minimum atomic E-state index is -4.54. The van der Waals surface area contributed by atoms with Crippen LogP contribution in [0.3, 0.4) is 0 Å². The van der Waals surface area contributed by atoms with Crippen LogP contribution >= 0.6 is 11.3 Å². The Labute approximate surface area is 175 Å². The van der Waals surface area contributed by atoms with E-state index < -0.39 is 17.6 Å². The Morgan fingerprint density at radius 2 is 1.90 bits per heavy atom. The molecule has 0 fully saturated rings. The smallest absolute Gasteiger partial charge is 0.416 e. The second-order valence-corrected chi connectivity index (χ2v) is 7.14. The number of hydrogen-bond donors (Lipinski definition) is 1. The molecule has 2 aromatic carbocycles. The third kappa shape index (κ3) is 5.80. The molecular weight excluding hydrogens is 417 g/mol. The molecule has 5 nitrogen and oxygen atoms in total. The van der Waals surface area contributed by atoms with Crippen molar-refractivity contribution in [2.45, 2.75) is 12.6 Å². The van der Waals surface area contributed by atoms with Gasteiger partial charge in [-0.25, -0.2) is 4.98 Å². The first-order valence-electron chi connectivity index (χ1n) is 8.99. The lowest BCUT2D eigenvalue weighted by Gasteiger charge is -2.15. The average molecular weight is 436 g/mol. The number of halogens is 3. The van der Waals surface area contributed by atoms with Crippen LogP contribution in [-0.2, 0) is 22.1 Å². The van der Waals surface area contributed by atoms with Crippen LogP contribution in [0.1, 0.15) is 11.3 Å². The number of ether oxygens (including phenoxy) is 2. The van der Waals surface area contributed by atoms with E-state index in [9.17, 15) is 18.0 Å². The summed E-state index contributed by atoms with van der Waals surface area (Å²) in [5, 5.41) is 5.03. The molecule has 1 heterocycles. The van der Waals surface area contributed by atoms with Gasteiger partial charge in [0, 0.05) is 18.1 Å². The fourth-order valence-electron chi connectivity index (χ4n) is 2.63. The number of alkyl halides is 3. The standard InChI is InChI=1S/C21H19F3N2O3S/c1-28-9-10-29-18-8-7-15(21(22,23)24)11-17(18)26-19(27)12-16-13-30-20(25-16)14-5-3-2-4-6-14/h2-8,11,13H,9-10,12H2,1H3,(H,26,27). The van der Waals surface area contributed by atoms with E-state index in [4.69, 9.17) is 9.47 Å². The van der Waals surface area contributed by atoms with Crippen molar-refractivity contribution in [3.05, 3.63) is 65.2 Å². The van der Waals surface area contributed by atoms with Gasteiger partial charge < -0.3 is 14.8 Å². The first-order chi connectivity index (χ1) is 14.4. The Bertz CT molecular complexity index is 991. The zero-order valence-electron chi connectivity index (χ0n) is 16.0. The predicted molar refractivity (Wildman–Crippen MR) is 109 cm³/mol. The number of carbonyl (C=O) groups excluding carboxylic acids is 1. The molecule has 0 saturated heterocycles. The molecule has 1 N–H and O–H groups in total. The third-order valence-electron chi connectivity index (χ3n) is 4.04. The summed E-state index contributed by atoms with van der Waals surface area (Å²) in [6, 6.07) is 12.5. The zero-order valence-corrected chi connectivity index (χ0v) is 16.8. The monoisotopic (exact) mass is 436 g/mol. The van der Waals surface area contributed by atoms with Crippen LogP contribution in [-0.4, -0.2) is 31.2 Å². The molecule has 0 aliphatic rings. The average Bonchev–Trinajstić information content (AvgIpc) is 3.17. The van der Waals surface area contributed by atoms with Crippen molar-refractivity contribution in [2.24, 2.45) is 0 Å². The number of benzene rings is 2. The SMILES string of the molecule is COCCOc1ccc(C(F)(F)F)cc1NC(=O)Cc1csc(-c2ccccc2)n1. The molecule has 3 rings (SSSR count). The zero-order chi connectivity index (χ0) is 21.6. The van der Waals surface area contributed by atoms with Gasteiger partial charge in [0.25, 0.3) is 0 Å². The van der Waals surface area contributed by atoms with Crippen molar-refractivity contribution in [1.82, 2.24) is 4.98 Å². The molecule has 9 heteroatoms. The van der Waals surface area contributed by atoms with E-state index in [1.54, 1.807) is 5.38 Å². The number of methoxy groups -OCH3 is 1. The quantitative estimate of drug-likeness (QED) is 0.503. The van der Waals surface area contributed by atoms with Crippen molar-refractivity contribution in [1.29, 1.82) is 0 Å². The molecule has 30 heavy (non-hydrogen) atoms. The number of rotatable bonds is 8. The van der Waals surface area contributed by atoms with Gasteiger partial charge in [0.1, 0.15) is 17.4 Å². The maximum absolute atomic E-state index is 13.1. The molecule has 3 aromatic rings. The lowest BCUT2D eigenvalue weighted by Crippen LogP contribution is -2.17. The van der Waals surface area contributed by atoms with Gasteiger partial charge in [0.05, 0.1) is 30.0 Å². The number of amides is 1. The van der Waals surface area contributed by atoms with Crippen LogP contribution < -0.4 is 10.1 Å². The van der Waals surface area contributed by atoms with Crippen LogP contribution in [0.2, 0.25) is 0 Å². The number of thiazole rings is 1. The van der Waals surface area contributed by atoms with Crippen molar-refractivity contribution >= 4 is 22.9 Å². The summed E-state index contributed by atoms with van der Waals surface area (Å²) >= 11 is 1.40. The molecule has 0 aliphatic carbocycles. The van der Waals surface area contributed by atoms with Crippen LogP contribution in [0.4, 0.5) is 18.9 Å². The van der Waals surface area contributed by atoms with Crippen LogP contribution in [0.15, 0.2) is 53.9 Å². The van der Waals surface area contributed by atoms with Gasteiger partial charge in [0.15, 0.2) is 0 Å². The van der Waals surface area contributed by atoms with Crippen LogP contribution in [0.25, 0.3) is 10.6 Å². The molecule has 0 unspecified atom stereocenters. The number of hydrogen-bond acceptors (Lipinski definition) is 5. The normalized spacial score (nSPS) is 11.3. The van der Waals surface area contributed by atoms with E-state index in [-0.39, 0.29) is 31.1 Å². The van der Waals surface area contributed by atoms with Gasteiger partial charge in [-0.1, -0.05) is 30.3 Å². The Hall–Kier alpha value is -2.91. The van der Waals surface area contributed by atoms with Crippen molar-refractivity contribution in [2.75, 3.05) is 25.6 Å². The fourth-order valence-corrected chi connectivity index (χ4v) is 3.45. The van der Waals surface area contributed by atoms with E-state index >= 15 is 0 Å². The summed E-state index contributed by atoms with van der Waals surface area (Å²) in [5.74, 6) is -0.354. The molecule has 158 valence electrons. The summed E-state index contributed by atoms with van der Waals surface area (Å²) in [6.07, 6.45) is -4.61. The lowest BCUT2D eigenvalue weighted by atomic mass is 10.1. The Balaban J connectivity index is 1.73. The molecule has 1 aromatic heterocycles. The van der Waals surface area contributed by atoms with Gasteiger partial charge in [-0.05, 0) is 18.2 Å². The first-order valence-corrected chi connectivity index (χ1v) is 9.87. The summed E-state index contributed by atoms with van der Waals surface area (Å²) < 4.78 is 49.5. The van der Waals surface area contributed by atoms with E-state index in [2.05, 4.69) is 10.3 Å². The number of aromatic nitrogens is 1. The molecule has 0 atom stereocenters. The summed E-state index contributed by atoms with van der Waals surface area (Å²) in [7, 11) is 1.48. The van der Waals surface area contributed by atoms with Crippen molar-refractivity contribution in [3.63, 3.8) is 0 Å². The number of carbonyl (C=O) groups is 1. The fraction of sp³-hybridized carbons (Fsp3) is 0.238. The molecule has 0 saturated carbocycles. The van der Waals surface area contributed by atoms with Crippen molar-refractivity contribution < 1.29 is 27.4 Å². The van der Waals surface area contributed by atoms with Crippen molar-refractivity contribution in [3.8, 4) is 16.3 Å². The Morgan fingerprint density at radius 1 is 1.13 bits per heavy atom. The highest BCUT2D eigenvalue weighted by molar-refractivity contribution is 7.13. The molecule has 0 bridgehead atoms. The summed E-state index contributed by atoms with van der Waals surface area (Å²) in [5.41, 5.74) is 0.535. The molecular formula is C21H19F3N2O3S. The Morgan fingerprint density at radius 3 is 2.60 bits per heavy atom. The lowest BCUT2D eigenvalue weighted by molar-refractivity contribution is -0.137. The summed E-state index contributed by atoms with van der Waals surface area (Å²) in [6.45, 7) is 0.396. The predicted octanol–water partition coefficient (Wildman–Crippen LogP) is 5.04. The van der Waals surface area contributed by atoms with Gasteiger partial charge in [-0.15, -0.1) is 11.3 Å². The highest BCUT2D eigenvalue weighted by Crippen LogP contribution is 2.35. The van der Waals surface area contributed by atoms with Crippen LogP contribution in [0.5, 0.6) is 5.75 Å². The van der Waals surface area contributed by atoms with E-state index in [0.717, 1.165) is 22.7 Å². The van der Waals surface area contributed by atoms with Crippen LogP contribution in [0, 0.1) is 0 Å². The topological polar surface area (TPSA) is 60.5 Å². The molecule has 0 radical (unpaired) electrons. The van der Waals surface area contributed by atoms with Gasteiger partial charge >= 0.3 is 6.18 Å². The second kappa shape index (κ2) is 9.73. The highest BCUT2D eigenvalue weighted by Gasteiger charge is 2.31. The maximum Gasteiger partial charge on any atom is 0.416 e. The summed E-state index contributed by atoms with van der Waals surface area (Å²) in [4.78, 5) is 16.9. The minimum Gasteiger partial charge on any atom is -0.489 e.